The number of carbonyl (C=O) groups excluding carboxylic acids is 5. The molecule has 42 heavy (non-hydrogen) atoms. The maximum absolute atomic E-state index is 12.6. The lowest BCUT2D eigenvalue weighted by molar-refractivity contribution is -0.139. The fraction of sp³-hybridized carbons (Fsp3) is 0.577. The van der Waals surface area contributed by atoms with Crippen molar-refractivity contribution in [2.75, 3.05) is 38.0 Å². The number of rotatable bonds is 12. The Morgan fingerprint density at radius 2 is 1.38 bits per heavy atom. The summed E-state index contributed by atoms with van der Waals surface area (Å²) in [6, 6.07) is 0. The van der Waals surface area contributed by atoms with Crippen LogP contribution in [-0.2, 0) is 28.7 Å². The third kappa shape index (κ3) is 8.31. The van der Waals surface area contributed by atoms with Crippen molar-refractivity contribution in [3.8, 4) is 0 Å². The van der Waals surface area contributed by atoms with E-state index in [1.165, 1.54) is 70.8 Å². The Hall–Kier alpha value is -1.59. The number of ether oxygens (including phenoxy) is 1. The second-order valence-electron chi connectivity index (χ2n) is 9.24. The molecule has 0 unspecified atom stereocenters. The fourth-order valence-electron chi connectivity index (χ4n) is 4.27. The summed E-state index contributed by atoms with van der Waals surface area (Å²) in [4.78, 5) is 66.4. The number of nitrogens with zero attached hydrogens (tertiary/aromatic N) is 4. The molecule has 4 aliphatic rings. The van der Waals surface area contributed by atoms with Gasteiger partial charge in [-0.25, -0.2) is 0 Å². The number of hydrogen-bond acceptors (Lipinski definition) is 12. The van der Waals surface area contributed by atoms with Gasteiger partial charge in [0.1, 0.15) is 13.5 Å². The summed E-state index contributed by atoms with van der Waals surface area (Å²) in [5, 5.41) is 0.792. The second kappa shape index (κ2) is 17.0. The van der Waals surface area contributed by atoms with Crippen molar-refractivity contribution in [1.29, 1.82) is 0 Å². The minimum atomic E-state index is -0.302. The summed E-state index contributed by atoms with van der Waals surface area (Å²) in [5.74, 6) is 0.302. The SMILES string of the molecule is CCCCCCCCN1C(=O)/C(=C2\SCC(=O)N2CC)SC1=S.CCN1C(=O)/C(=C2\SCN(COC=O)C2=O)SC1=S. The number of carbonyl (C=O) groups is 5. The summed E-state index contributed by atoms with van der Waals surface area (Å²) >= 11 is 15.7. The number of thioether (sulfide) groups is 4. The summed E-state index contributed by atoms with van der Waals surface area (Å²) < 4.78 is 5.64. The van der Waals surface area contributed by atoms with Crippen molar-refractivity contribution in [3.05, 3.63) is 19.7 Å². The minimum absolute atomic E-state index is 0.0239. The highest BCUT2D eigenvalue weighted by molar-refractivity contribution is 8.27. The molecule has 4 fully saturated rings. The first-order valence-corrected chi connectivity index (χ1v) is 18.1. The number of unbranched alkanes of at least 4 members (excludes halogenated alkanes) is 5. The topological polar surface area (TPSA) is 108 Å². The van der Waals surface area contributed by atoms with Crippen LogP contribution in [0.5, 0.6) is 0 Å². The number of hydrogen-bond donors (Lipinski definition) is 0. The van der Waals surface area contributed by atoms with Gasteiger partial charge in [0.25, 0.3) is 24.2 Å². The van der Waals surface area contributed by atoms with Gasteiger partial charge in [-0.15, -0.1) is 0 Å². The standard InChI is InChI=1S/C16H24N2O2S3.C10H10N2O4S3/c1-3-5-6-7-8-9-10-18-14(20)13(23-16(18)21)15-17(4-2)12(19)11-22-15;1-2-12-9(15)7(19-10(12)17)6-8(14)11(4-18-6)3-16-5-13/h3-11H2,1-2H3;5H,2-4H2,1H3/b15-13+;7-6+. The van der Waals surface area contributed by atoms with Crippen molar-refractivity contribution in [1.82, 2.24) is 19.6 Å². The van der Waals surface area contributed by atoms with E-state index in [1.807, 2.05) is 13.8 Å². The third-order valence-corrected chi connectivity index (χ3v) is 11.8. The van der Waals surface area contributed by atoms with Crippen LogP contribution in [0.1, 0.15) is 59.3 Å². The molecule has 4 aliphatic heterocycles. The lowest BCUT2D eigenvalue weighted by atomic mass is 10.1. The third-order valence-electron chi connectivity index (χ3n) is 6.49. The molecule has 4 rings (SSSR count). The zero-order valence-electron chi connectivity index (χ0n) is 23.8. The summed E-state index contributed by atoms with van der Waals surface area (Å²) in [5.41, 5.74) is 0. The van der Waals surface area contributed by atoms with E-state index in [1.54, 1.807) is 9.80 Å². The molecule has 0 atom stereocenters. The Morgan fingerprint density at radius 1 is 0.762 bits per heavy atom. The number of likely N-dealkylation sites (N-methyl/N-ethyl adjacent to an activating group) is 1. The van der Waals surface area contributed by atoms with Gasteiger partial charge in [-0.05, 0) is 20.3 Å². The Balaban J connectivity index is 0.000000235. The Kier molecular flexibility index (Phi) is 14.2. The molecule has 0 aromatic carbocycles. The molecular formula is C26H34N4O6S6. The first kappa shape index (κ1) is 34.9. The Bertz CT molecular complexity index is 1190. The molecule has 230 valence electrons. The predicted molar refractivity (Wildman–Crippen MR) is 178 cm³/mol. The van der Waals surface area contributed by atoms with E-state index in [0.29, 0.717) is 54.6 Å². The quantitative estimate of drug-likeness (QED) is 0.123. The first-order valence-electron chi connectivity index (χ1n) is 13.7. The van der Waals surface area contributed by atoms with Crippen molar-refractivity contribution in [2.45, 2.75) is 59.3 Å². The molecule has 4 saturated heterocycles. The largest absolute Gasteiger partial charge is 0.446 e. The fourth-order valence-corrected chi connectivity index (χ4v) is 9.46. The summed E-state index contributed by atoms with van der Waals surface area (Å²) in [6.07, 6.45) is 7.14. The average Bonchev–Trinajstić information content (AvgIpc) is 3.69. The van der Waals surface area contributed by atoms with E-state index >= 15 is 0 Å². The lowest BCUT2D eigenvalue weighted by Gasteiger charge is -2.16. The van der Waals surface area contributed by atoms with Gasteiger partial charge in [0.15, 0.2) is 6.73 Å². The van der Waals surface area contributed by atoms with Crippen LogP contribution in [0.2, 0.25) is 0 Å². The van der Waals surface area contributed by atoms with E-state index in [9.17, 15) is 24.0 Å². The molecule has 0 aliphatic carbocycles. The van der Waals surface area contributed by atoms with Crippen molar-refractivity contribution in [3.63, 3.8) is 0 Å². The van der Waals surface area contributed by atoms with Crippen LogP contribution in [0, 0.1) is 0 Å². The van der Waals surface area contributed by atoms with Crippen LogP contribution in [0.3, 0.4) is 0 Å². The van der Waals surface area contributed by atoms with Crippen LogP contribution in [-0.4, -0.2) is 96.3 Å². The molecule has 0 saturated carbocycles. The molecule has 0 aromatic heterocycles. The van der Waals surface area contributed by atoms with Crippen LogP contribution < -0.4 is 0 Å². The predicted octanol–water partition coefficient (Wildman–Crippen LogP) is 4.71. The van der Waals surface area contributed by atoms with Gasteiger partial charge >= 0.3 is 0 Å². The van der Waals surface area contributed by atoms with Crippen molar-refractivity contribution in [2.24, 2.45) is 0 Å². The summed E-state index contributed by atoms with van der Waals surface area (Å²) in [6.45, 7) is 7.92. The van der Waals surface area contributed by atoms with Gasteiger partial charge < -0.3 is 9.64 Å². The van der Waals surface area contributed by atoms with Gasteiger partial charge in [-0.3, -0.25) is 38.7 Å². The molecule has 4 heterocycles. The van der Waals surface area contributed by atoms with Gasteiger partial charge in [0, 0.05) is 19.6 Å². The van der Waals surface area contributed by atoms with Crippen LogP contribution in [0.4, 0.5) is 0 Å². The van der Waals surface area contributed by atoms with Crippen LogP contribution in [0.15, 0.2) is 19.7 Å². The van der Waals surface area contributed by atoms with Gasteiger partial charge in [0.2, 0.25) is 5.91 Å². The van der Waals surface area contributed by atoms with Crippen molar-refractivity contribution >= 4 is 110 Å². The summed E-state index contributed by atoms with van der Waals surface area (Å²) in [7, 11) is 0. The molecule has 0 radical (unpaired) electrons. The Morgan fingerprint density at radius 3 is 2.02 bits per heavy atom. The van der Waals surface area contributed by atoms with E-state index in [4.69, 9.17) is 24.4 Å². The molecule has 10 nitrogen and oxygen atoms in total. The zero-order chi connectivity index (χ0) is 30.8. The molecule has 0 N–H and O–H groups in total. The molecule has 4 amide bonds. The molecule has 0 spiro atoms. The first-order chi connectivity index (χ1) is 20.2. The number of amides is 4. The monoisotopic (exact) mass is 690 g/mol. The maximum Gasteiger partial charge on any atom is 0.294 e. The van der Waals surface area contributed by atoms with Gasteiger partial charge in [-0.2, -0.15) is 0 Å². The maximum atomic E-state index is 12.6. The Labute approximate surface area is 274 Å². The molecular weight excluding hydrogens is 657 g/mol. The van der Waals surface area contributed by atoms with E-state index < -0.39 is 0 Å². The van der Waals surface area contributed by atoms with Gasteiger partial charge in [-0.1, -0.05) is 111 Å². The number of thiocarbonyl (C=S) groups is 2. The normalized spacial score (nSPS) is 22.6. The lowest BCUT2D eigenvalue weighted by Crippen LogP contribution is -2.30. The minimum Gasteiger partial charge on any atom is -0.446 e. The molecule has 0 aromatic rings. The average molecular weight is 691 g/mol. The van der Waals surface area contributed by atoms with E-state index in [2.05, 4.69) is 11.7 Å². The highest BCUT2D eigenvalue weighted by atomic mass is 32.2. The van der Waals surface area contributed by atoms with Crippen LogP contribution in [0.25, 0.3) is 0 Å². The van der Waals surface area contributed by atoms with Crippen LogP contribution >= 0.6 is 71.5 Å². The zero-order valence-corrected chi connectivity index (χ0v) is 28.6. The van der Waals surface area contributed by atoms with Crippen molar-refractivity contribution < 1.29 is 28.7 Å². The smallest absolute Gasteiger partial charge is 0.294 e. The van der Waals surface area contributed by atoms with Gasteiger partial charge in [0.05, 0.1) is 26.5 Å². The highest BCUT2D eigenvalue weighted by Gasteiger charge is 2.40. The molecule has 0 bridgehead atoms. The van der Waals surface area contributed by atoms with E-state index in [-0.39, 0.29) is 36.8 Å². The van der Waals surface area contributed by atoms with E-state index in [0.717, 1.165) is 29.6 Å². The second-order valence-corrected chi connectivity index (χ2v) is 14.4. The molecule has 16 heteroatoms. The highest BCUT2D eigenvalue weighted by Crippen LogP contribution is 2.42.